The van der Waals surface area contributed by atoms with Crippen molar-refractivity contribution >= 4 is 5.97 Å². The monoisotopic (exact) mass is 298 g/mol. The number of hydrogen-bond donors (Lipinski definition) is 1. The Hall–Kier alpha value is -1.80. The molecule has 2 fully saturated rings. The van der Waals surface area contributed by atoms with Crippen LogP contribution in [0, 0.1) is 0 Å². The topological polar surface area (TPSA) is 129 Å². The molecule has 2 aliphatic heterocycles. The number of hydrogen-bond acceptors (Lipinski definition) is 7. The fraction of sp³-hybridized carbons (Fsp3) is 0.750. The van der Waals surface area contributed by atoms with E-state index in [1.807, 2.05) is 0 Å². The van der Waals surface area contributed by atoms with E-state index in [1.165, 1.54) is 7.11 Å². The van der Waals surface area contributed by atoms with Crippen LogP contribution in [0.15, 0.2) is 16.9 Å². The largest absolute Gasteiger partial charge is 0.466 e. The molecule has 0 spiro atoms. The highest BCUT2D eigenvalue weighted by atomic mass is 16.8. The molecule has 0 aromatic rings. The molecule has 2 saturated heterocycles. The number of nitrogens with two attached hydrogens (primary N) is 1. The number of nitrogens with zero attached hydrogens (tertiary/aromatic N) is 3. The fourth-order valence-electron chi connectivity index (χ4n) is 2.49. The Kier molecular flexibility index (Phi) is 4.38. The Balaban J connectivity index is 2.21. The second-order valence-electron chi connectivity index (χ2n) is 5.24. The van der Waals surface area contributed by atoms with Crippen LogP contribution in [0.2, 0.25) is 0 Å². The van der Waals surface area contributed by atoms with E-state index in [4.69, 9.17) is 25.5 Å². The van der Waals surface area contributed by atoms with E-state index in [2.05, 4.69) is 14.8 Å². The zero-order valence-electron chi connectivity index (χ0n) is 12.1. The van der Waals surface area contributed by atoms with Crippen LogP contribution in [0.25, 0.3) is 10.4 Å². The van der Waals surface area contributed by atoms with E-state index in [-0.39, 0.29) is 12.2 Å². The summed E-state index contributed by atoms with van der Waals surface area (Å²) in [7, 11) is 1.26. The Bertz CT molecular complexity index is 500. The molecule has 0 aliphatic carbocycles. The number of fused-ring (bicyclic) bond motifs is 1. The number of methoxy groups -OCH3 is 1. The van der Waals surface area contributed by atoms with E-state index >= 15 is 0 Å². The quantitative estimate of drug-likeness (QED) is 0.266. The van der Waals surface area contributed by atoms with Crippen molar-refractivity contribution in [2.75, 3.05) is 13.7 Å². The molecule has 2 aliphatic rings. The van der Waals surface area contributed by atoms with Gasteiger partial charge in [0.05, 0.1) is 19.8 Å². The van der Waals surface area contributed by atoms with Gasteiger partial charge in [0.1, 0.15) is 18.3 Å². The third-order valence-corrected chi connectivity index (χ3v) is 3.29. The summed E-state index contributed by atoms with van der Waals surface area (Å²) in [4.78, 5) is 14.0. The summed E-state index contributed by atoms with van der Waals surface area (Å²) in [6.07, 6.45) is -0.885. The molecule has 2 heterocycles. The predicted octanol–water partition coefficient (Wildman–Crippen LogP) is 0.600. The Labute approximate surface area is 121 Å². The number of esters is 1. The number of carbonyl (C=O) groups excluding carboxylic acids is 1. The summed E-state index contributed by atoms with van der Waals surface area (Å²) in [5.74, 6) is -1.37. The average molecular weight is 298 g/mol. The van der Waals surface area contributed by atoms with Crippen LogP contribution in [0.1, 0.15) is 13.8 Å². The van der Waals surface area contributed by atoms with Crippen molar-refractivity contribution in [2.45, 2.75) is 44.1 Å². The molecule has 9 nitrogen and oxygen atoms in total. The molecule has 0 amide bonds. The molecule has 4 atom stereocenters. The van der Waals surface area contributed by atoms with Crippen LogP contribution in [0.4, 0.5) is 0 Å². The lowest BCUT2D eigenvalue weighted by Gasteiger charge is -2.23. The zero-order valence-corrected chi connectivity index (χ0v) is 12.1. The maximum atomic E-state index is 11.3. The minimum absolute atomic E-state index is 0.0963. The van der Waals surface area contributed by atoms with Crippen LogP contribution >= 0.6 is 0 Å². The minimum atomic E-state index is -0.794. The van der Waals surface area contributed by atoms with E-state index in [1.54, 1.807) is 13.8 Å². The third-order valence-electron chi connectivity index (χ3n) is 3.29. The van der Waals surface area contributed by atoms with Crippen molar-refractivity contribution in [1.82, 2.24) is 0 Å². The van der Waals surface area contributed by atoms with E-state index in [0.29, 0.717) is 0 Å². The van der Waals surface area contributed by atoms with Gasteiger partial charge in [-0.15, -0.1) is 0 Å². The van der Waals surface area contributed by atoms with Gasteiger partial charge in [-0.3, -0.25) is 0 Å². The lowest BCUT2D eigenvalue weighted by molar-refractivity contribution is -0.182. The highest BCUT2D eigenvalue weighted by Crippen LogP contribution is 2.40. The van der Waals surface area contributed by atoms with Crippen molar-refractivity contribution in [1.29, 1.82) is 0 Å². The smallest absolute Gasteiger partial charge is 0.332 e. The third kappa shape index (κ3) is 3.27. The van der Waals surface area contributed by atoms with Gasteiger partial charge in [-0.25, -0.2) is 4.79 Å². The van der Waals surface area contributed by atoms with Gasteiger partial charge >= 0.3 is 5.97 Å². The summed E-state index contributed by atoms with van der Waals surface area (Å²) in [5.41, 5.74) is 14.5. The van der Waals surface area contributed by atoms with Gasteiger partial charge in [0, 0.05) is 16.7 Å². The first kappa shape index (κ1) is 15.6. The van der Waals surface area contributed by atoms with E-state index in [9.17, 15) is 4.79 Å². The molecule has 9 heteroatoms. The highest BCUT2D eigenvalue weighted by molar-refractivity contribution is 5.82. The summed E-state index contributed by atoms with van der Waals surface area (Å²) < 4.78 is 21.8. The maximum Gasteiger partial charge on any atom is 0.332 e. The summed E-state index contributed by atoms with van der Waals surface area (Å²) in [5, 5.41) is 3.50. The van der Waals surface area contributed by atoms with Gasteiger partial charge in [0.2, 0.25) is 0 Å². The van der Waals surface area contributed by atoms with Gasteiger partial charge in [-0.05, 0) is 19.4 Å². The number of ether oxygens (including phenoxy) is 4. The van der Waals surface area contributed by atoms with Crippen LogP contribution < -0.4 is 5.73 Å². The SMILES string of the molecule is COC(=O)/C=C(/N)[C@@H]1O[C@H](CN=[N+]=[N-])[C@H]2OC(C)(C)O[C@H]21. The molecule has 0 aromatic heterocycles. The molecule has 0 unspecified atom stereocenters. The average Bonchev–Trinajstić information content (AvgIpc) is 2.89. The van der Waals surface area contributed by atoms with Crippen LogP contribution in [0.5, 0.6) is 0 Å². The lowest BCUT2D eigenvalue weighted by atomic mass is 10.1. The van der Waals surface area contributed by atoms with Gasteiger partial charge < -0.3 is 24.7 Å². The maximum absolute atomic E-state index is 11.3. The number of carbonyl (C=O) groups is 1. The van der Waals surface area contributed by atoms with E-state index < -0.39 is 36.2 Å². The first-order valence-corrected chi connectivity index (χ1v) is 6.45. The normalized spacial score (nSPS) is 34.1. The summed E-state index contributed by atoms with van der Waals surface area (Å²) in [6.45, 7) is 3.64. The van der Waals surface area contributed by atoms with Crippen LogP contribution in [-0.2, 0) is 23.7 Å². The second kappa shape index (κ2) is 5.90. The van der Waals surface area contributed by atoms with Gasteiger partial charge in [-0.2, -0.15) is 0 Å². The Morgan fingerprint density at radius 2 is 2.14 bits per heavy atom. The molecular weight excluding hydrogens is 280 g/mol. The first-order chi connectivity index (χ1) is 9.88. The van der Waals surface area contributed by atoms with Gasteiger partial charge in [0.25, 0.3) is 0 Å². The number of rotatable bonds is 4. The van der Waals surface area contributed by atoms with E-state index in [0.717, 1.165) is 6.08 Å². The van der Waals surface area contributed by atoms with Gasteiger partial charge in [0.15, 0.2) is 5.79 Å². The van der Waals surface area contributed by atoms with Gasteiger partial charge in [-0.1, -0.05) is 5.11 Å². The molecule has 2 N–H and O–H groups in total. The molecule has 2 rings (SSSR count). The molecule has 0 bridgehead atoms. The fourth-order valence-corrected chi connectivity index (χ4v) is 2.49. The molecule has 0 radical (unpaired) electrons. The predicted molar refractivity (Wildman–Crippen MR) is 70.8 cm³/mol. The lowest BCUT2D eigenvalue weighted by Crippen LogP contribution is -2.34. The number of azide groups is 1. The van der Waals surface area contributed by atoms with Crippen molar-refractivity contribution in [2.24, 2.45) is 10.8 Å². The standard InChI is InChI=1S/C12H18N4O5/c1-12(2)20-10-7(5-15-16-14)19-9(11(10)21-12)6(13)4-8(17)18-3/h4,7,9-11H,5,13H2,1-3H3/b6-4+/t7-,9+,10-,11+/m1/s1. The van der Waals surface area contributed by atoms with Crippen molar-refractivity contribution in [3.8, 4) is 0 Å². The van der Waals surface area contributed by atoms with Crippen molar-refractivity contribution < 1.29 is 23.7 Å². The molecule has 21 heavy (non-hydrogen) atoms. The molecule has 0 aromatic carbocycles. The zero-order chi connectivity index (χ0) is 15.6. The van der Waals surface area contributed by atoms with Crippen molar-refractivity contribution in [3.63, 3.8) is 0 Å². The summed E-state index contributed by atoms with van der Waals surface area (Å²) in [6, 6.07) is 0. The molecule has 116 valence electrons. The first-order valence-electron chi connectivity index (χ1n) is 6.45. The minimum Gasteiger partial charge on any atom is -0.466 e. The Morgan fingerprint density at radius 3 is 2.76 bits per heavy atom. The molecule has 0 saturated carbocycles. The van der Waals surface area contributed by atoms with Crippen LogP contribution in [0.3, 0.4) is 0 Å². The molecular formula is C12H18N4O5. The highest BCUT2D eigenvalue weighted by Gasteiger charge is 2.55. The Morgan fingerprint density at radius 1 is 1.48 bits per heavy atom. The summed E-state index contributed by atoms with van der Waals surface area (Å²) >= 11 is 0. The van der Waals surface area contributed by atoms with Crippen molar-refractivity contribution in [3.05, 3.63) is 22.2 Å². The van der Waals surface area contributed by atoms with Crippen LogP contribution in [-0.4, -0.2) is 49.8 Å². The second-order valence-corrected chi connectivity index (χ2v) is 5.24.